The highest BCUT2D eigenvalue weighted by Crippen LogP contribution is 2.27. The molecule has 1 amide bonds. The third-order valence-corrected chi connectivity index (χ3v) is 5.66. The van der Waals surface area contributed by atoms with Gasteiger partial charge < -0.3 is 19.6 Å². The fraction of sp³-hybridized carbons (Fsp3) is 0.647. The second-order valence-electron chi connectivity index (χ2n) is 6.39. The molecule has 24 heavy (non-hydrogen) atoms. The van der Waals surface area contributed by atoms with Gasteiger partial charge in [0.25, 0.3) is 5.91 Å². The molecule has 0 aromatic carbocycles. The van der Waals surface area contributed by atoms with Crippen molar-refractivity contribution < 1.29 is 19.4 Å². The van der Waals surface area contributed by atoms with Crippen LogP contribution in [0, 0.1) is 11.8 Å². The van der Waals surface area contributed by atoms with E-state index in [0.717, 1.165) is 13.1 Å². The summed E-state index contributed by atoms with van der Waals surface area (Å²) in [7, 11) is 3.70. The fourth-order valence-electron chi connectivity index (χ4n) is 3.05. The van der Waals surface area contributed by atoms with E-state index in [0.29, 0.717) is 29.5 Å². The van der Waals surface area contributed by atoms with E-state index in [1.165, 1.54) is 18.3 Å². The lowest BCUT2D eigenvalue weighted by atomic mass is 9.96. The Labute approximate surface area is 147 Å². The summed E-state index contributed by atoms with van der Waals surface area (Å²) in [5.74, 6) is 0.263. The van der Waals surface area contributed by atoms with Crippen LogP contribution in [0.1, 0.15) is 26.3 Å². The fourth-order valence-corrected chi connectivity index (χ4v) is 3.92. The first kappa shape index (κ1) is 19.1. The maximum atomic E-state index is 12.7. The van der Waals surface area contributed by atoms with Crippen LogP contribution in [0.25, 0.3) is 0 Å². The first-order valence-corrected chi connectivity index (χ1v) is 8.96. The Bertz CT molecular complexity index is 575. The lowest BCUT2D eigenvalue weighted by Gasteiger charge is -2.23. The molecule has 0 spiro atoms. The number of hydrogen-bond donors (Lipinski definition) is 1. The topological polar surface area (TPSA) is 70.1 Å². The number of aliphatic hydroxyl groups excluding tert-OH is 1. The van der Waals surface area contributed by atoms with Gasteiger partial charge in [0.2, 0.25) is 0 Å². The van der Waals surface area contributed by atoms with Gasteiger partial charge in [-0.05, 0) is 32.0 Å². The molecule has 1 aromatic rings. The number of methoxy groups -OCH3 is 1. The molecule has 0 unspecified atom stereocenters. The van der Waals surface area contributed by atoms with Crippen molar-refractivity contribution in [2.24, 2.45) is 11.8 Å². The van der Waals surface area contributed by atoms with Crippen molar-refractivity contribution in [3.63, 3.8) is 0 Å². The van der Waals surface area contributed by atoms with Crippen LogP contribution in [0.15, 0.2) is 12.1 Å². The van der Waals surface area contributed by atoms with Crippen LogP contribution >= 0.6 is 11.3 Å². The second kappa shape index (κ2) is 8.71. The van der Waals surface area contributed by atoms with Crippen molar-refractivity contribution in [3.8, 4) is 0 Å². The van der Waals surface area contributed by atoms with Gasteiger partial charge in [-0.1, -0.05) is 0 Å². The molecule has 134 valence electrons. The minimum absolute atomic E-state index is 0.0219. The highest BCUT2D eigenvalue weighted by atomic mass is 32.1. The zero-order valence-electron chi connectivity index (χ0n) is 14.5. The van der Waals surface area contributed by atoms with Crippen LogP contribution in [-0.4, -0.2) is 80.1 Å². The van der Waals surface area contributed by atoms with E-state index in [-0.39, 0.29) is 30.1 Å². The molecule has 1 aromatic heterocycles. The maximum Gasteiger partial charge on any atom is 0.263 e. The van der Waals surface area contributed by atoms with Crippen molar-refractivity contribution in [2.45, 2.75) is 6.92 Å². The molecule has 1 aliphatic rings. The SMILES string of the molecule is COCCN(C)C[C@@H]1CN(C(=O)c2ccc(C(C)=O)s2)C[C@@H]1CO. The van der Waals surface area contributed by atoms with Crippen molar-refractivity contribution in [3.05, 3.63) is 21.9 Å². The standard InChI is InChI=1S/C17H26N2O4S/c1-12(21)15-4-5-16(24-15)17(22)19-9-13(14(10-19)11-20)8-18(2)6-7-23-3/h4-5,13-14,20H,6-11H2,1-3H3/t13-,14-/m1/s1. The Kier molecular flexibility index (Phi) is 6.91. The molecule has 2 heterocycles. The number of likely N-dealkylation sites (tertiary alicyclic amines) is 1. The van der Waals surface area contributed by atoms with Crippen molar-refractivity contribution >= 4 is 23.0 Å². The Hall–Kier alpha value is -1.28. The number of amides is 1. The molecule has 1 aliphatic heterocycles. The number of aliphatic hydroxyl groups is 1. The minimum atomic E-state index is -0.0482. The lowest BCUT2D eigenvalue weighted by Crippen LogP contribution is -2.33. The maximum absolute atomic E-state index is 12.7. The van der Waals surface area contributed by atoms with Gasteiger partial charge in [-0.3, -0.25) is 9.59 Å². The number of thiophene rings is 1. The van der Waals surface area contributed by atoms with E-state index in [2.05, 4.69) is 4.90 Å². The summed E-state index contributed by atoms with van der Waals surface area (Å²) in [4.78, 5) is 29.2. The first-order chi connectivity index (χ1) is 11.5. The highest BCUT2D eigenvalue weighted by Gasteiger charge is 2.36. The zero-order chi connectivity index (χ0) is 17.7. The molecule has 1 saturated heterocycles. The summed E-state index contributed by atoms with van der Waals surface area (Å²) in [6.07, 6.45) is 0. The van der Waals surface area contributed by atoms with Crippen LogP contribution in [0.2, 0.25) is 0 Å². The molecule has 7 heteroatoms. The first-order valence-electron chi connectivity index (χ1n) is 8.14. The average Bonchev–Trinajstić information content (AvgIpc) is 3.19. The largest absolute Gasteiger partial charge is 0.396 e. The van der Waals surface area contributed by atoms with E-state index in [9.17, 15) is 14.7 Å². The number of carbonyl (C=O) groups is 2. The van der Waals surface area contributed by atoms with E-state index in [4.69, 9.17) is 4.74 Å². The number of likely N-dealkylation sites (N-methyl/N-ethyl adjacent to an activating group) is 1. The number of rotatable bonds is 8. The van der Waals surface area contributed by atoms with Crippen LogP contribution in [0.3, 0.4) is 0 Å². The van der Waals surface area contributed by atoms with Gasteiger partial charge in [-0.25, -0.2) is 0 Å². The van der Waals surface area contributed by atoms with Crippen molar-refractivity contribution in [2.75, 3.05) is 53.6 Å². The Morgan fingerprint density at radius 2 is 2.00 bits per heavy atom. The zero-order valence-corrected chi connectivity index (χ0v) is 15.3. The van der Waals surface area contributed by atoms with Crippen LogP contribution in [-0.2, 0) is 4.74 Å². The number of carbonyl (C=O) groups excluding carboxylic acids is 2. The highest BCUT2D eigenvalue weighted by molar-refractivity contribution is 7.15. The van der Waals surface area contributed by atoms with Gasteiger partial charge in [0.05, 0.1) is 16.4 Å². The van der Waals surface area contributed by atoms with Crippen molar-refractivity contribution in [1.82, 2.24) is 9.80 Å². The summed E-state index contributed by atoms with van der Waals surface area (Å²) in [6, 6.07) is 3.42. The van der Waals surface area contributed by atoms with Crippen LogP contribution in [0.5, 0.6) is 0 Å². The number of Topliss-reactive ketones (excluding diaryl/α,β-unsaturated/α-hetero) is 1. The number of ketones is 1. The Morgan fingerprint density at radius 3 is 2.58 bits per heavy atom. The smallest absolute Gasteiger partial charge is 0.263 e. The number of hydrogen-bond acceptors (Lipinski definition) is 6. The molecule has 6 nitrogen and oxygen atoms in total. The van der Waals surface area contributed by atoms with Gasteiger partial charge in [-0.15, -0.1) is 11.3 Å². The summed E-state index contributed by atoms with van der Waals surface area (Å²) >= 11 is 1.24. The van der Waals surface area contributed by atoms with E-state index >= 15 is 0 Å². The quantitative estimate of drug-likeness (QED) is 0.711. The Morgan fingerprint density at radius 1 is 1.33 bits per heavy atom. The van der Waals surface area contributed by atoms with Gasteiger partial charge in [0.1, 0.15) is 0 Å². The molecule has 2 atom stereocenters. The average molecular weight is 354 g/mol. The second-order valence-corrected chi connectivity index (χ2v) is 7.47. The van der Waals surface area contributed by atoms with Gasteiger partial charge in [-0.2, -0.15) is 0 Å². The van der Waals surface area contributed by atoms with Gasteiger partial charge in [0, 0.05) is 45.8 Å². The third kappa shape index (κ3) is 4.63. The summed E-state index contributed by atoms with van der Waals surface area (Å²) in [5, 5.41) is 9.65. The number of nitrogens with zero attached hydrogens (tertiary/aromatic N) is 2. The minimum Gasteiger partial charge on any atom is -0.396 e. The predicted octanol–water partition coefficient (Wildman–Crippen LogP) is 1.21. The molecule has 0 aliphatic carbocycles. The summed E-state index contributed by atoms with van der Waals surface area (Å²) in [5.41, 5.74) is 0. The predicted molar refractivity (Wildman–Crippen MR) is 93.7 cm³/mol. The van der Waals surface area contributed by atoms with Crippen LogP contribution < -0.4 is 0 Å². The molecule has 0 radical (unpaired) electrons. The molecule has 1 N–H and O–H groups in total. The normalized spacial score (nSPS) is 20.8. The molecular weight excluding hydrogens is 328 g/mol. The summed E-state index contributed by atoms with van der Waals surface area (Å²) in [6.45, 7) is 5.09. The van der Waals surface area contributed by atoms with Gasteiger partial charge in [0.15, 0.2) is 5.78 Å². The monoisotopic (exact) mass is 354 g/mol. The molecule has 1 fully saturated rings. The number of ether oxygens (including phenoxy) is 1. The molecular formula is C17H26N2O4S. The van der Waals surface area contributed by atoms with E-state index in [1.807, 2.05) is 7.05 Å². The molecule has 2 rings (SSSR count). The molecule has 0 bridgehead atoms. The molecule has 0 saturated carbocycles. The summed E-state index contributed by atoms with van der Waals surface area (Å²) < 4.78 is 5.09. The Balaban J connectivity index is 1.99. The van der Waals surface area contributed by atoms with E-state index < -0.39 is 0 Å². The van der Waals surface area contributed by atoms with E-state index in [1.54, 1.807) is 24.1 Å². The van der Waals surface area contributed by atoms with Crippen LogP contribution in [0.4, 0.5) is 0 Å². The van der Waals surface area contributed by atoms with Gasteiger partial charge >= 0.3 is 0 Å². The lowest BCUT2D eigenvalue weighted by molar-refractivity contribution is 0.0783. The third-order valence-electron chi connectivity index (χ3n) is 4.49. The van der Waals surface area contributed by atoms with Crippen molar-refractivity contribution in [1.29, 1.82) is 0 Å².